The average molecular weight is 270 g/mol. The molecular formula is C16H14O4. The van der Waals surface area contributed by atoms with E-state index in [0.29, 0.717) is 34.6 Å². The van der Waals surface area contributed by atoms with Gasteiger partial charge in [0.25, 0.3) is 0 Å². The third-order valence-corrected chi connectivity index (χ3v) is 3.67. The highest BCUT2D eigenvalue weighted by molar-refractivity contribution is 6.52. The normalized spacial score (nSPS) is 20.4. The van der Waals surface area contributed by atoms with Gasteiger partial charge in [-0.2, -0.15) is 0 Å². The maximum absolute atomic E-state index is 12.3. The van der Waals surface area contributed by atoms with Crippen LogP contribution in [0.3, 0.4) is 0 Å². The SMILES string of the molecule is C=C(C)C1CC2=C(O1)c1cccc(OC)c1C(=O)C2=O. The lowest BCUT2D eigenvalue weighted by Gasteiger charge is -2.18. The highest BCUT2D eigenvalue weighted by atomic mass is 16.5. The fraction of sp³-hybridized carbons (Fsp3) is 0.250. The second-order valence-electron chi connectivity index (χ2n) is 5.01. The fourth-order valence-corrected chi connectivity index (χ4v) is 2.61. The summed E-state index contributed by atoms with van der Waals surface area (Å²) in [7, 11) is 1.48. The van der Waals surface area contributed by atoms with Crippen molar-refractivity contribution >= 4 is 17.3 Å². The van der Waals surface area contributed by atoms with Crippen LogP contribution in [0.2, 0.25) is 0 Å². The molecule has 1 aliphatic carbocycles. The molecule has 0 aromatic heterocycles. The van der Waals surface area contributed by atoms with Crippen molar-refractivity contribution in [2.45, 2.75) is 19.4 Å². The van der Waals surface area contributed by atoms with Crippen LogP contribution in [0.25, 0.3) is 5.76 Å². The molecule has 0 radical (unpaired) electrons. The van der Waals surface area contributed by atoms with Crippen molar-refractivity contribution in [3.8, 4) is 5.75 Å². The van der Waals surface area contributed by atoms with E-state index < -0.39 is 11.6 Å². The van der Waals surface area contributed by atoms with Crippen molar-refractivity contribution in [2.75, 3.05) is 7.11 Å². The maximum atomic E-state index is 12.3. The van der Waals surface area contributed by atoms with Crippen LogP contribution in [0.5, 0.6) is 5.75 Å². The molecule has 4 nitrogen and oxygen atoms in total. The van der Waals surface area contributed by atoms with Crippen molar-refractivity contribution in [3.05, 3.63) is 47.1 Å². The van der Waals surface area contributed by atoms with Crippen molar-refractivity contribution in [2.24, 2.45) is 0 Å². The number of ether oxygens (including phenoxy) is 2. The van der Waals surface area contributed by atoms with E-state index in [1.54, 1.807) is 18.2 Å². The molecule has 20 heavy (non-hydrogen) atoms. The van der Waals surface area contributed by atoms with Crippen molar-refractivity contribution < 1.29 is 19.1 Å². The molecule has 1 unspecified atom stereocenters. The minimum absolute atomic E-state index is 0.242. The van der Waals surface area contributed by atoms with E-state index in [1.807, 2.05) is 6.92 Å². The molecule has 0 amide bonds. The number of Topliss-reactive ketones (excluding diaryl/α,β-unsaturated/α-hetero) is 2. The Morgan fingerprint density at radius 1 is 1.35 bits per heavy atom. The Morgan fingerprint density at radius 2 is 2.10 bits per heavy atom. The molecule has 102 valence electrons. The lowest BCUT2D eigenvalue weighted by molar-refractivity contribution is -0.112. The van der Waals surface area contributed by atoms with Gasteiger partial charge in [0, 0.05) is 12.0 Å². The summed E-state index contributed by atoms with van der Waals surface area (Å²) in [6.07, 6.45) is 0.167. The summed E-state index contributed by atoms with van der Waals surface area (Å²) >= 11 is 0. The topological polar surface area (TPSA) is 52.6 Å². The Morgan fingerprint density at radius 3 is 2.75 bits per heavy atom. The zero-order valence-corrected chi connectivity index (χ0v) is 11.4. The zero-order chi connectivity index (χ0) is 14.4. The fourth-order valence-electron chi connectivity index (χ4n) is 2.61. The van der Waals surface area contributed by atoms with Crippen molar-refractivity contribution in [3.63, 3.8) is 0 Å². The highest BCUT2D eigenvalue weighted by Crippen LogP contribution is 2.42. The first-order valence-corrected chi connectivity index (χ1v) is 6.36. The summed E-state index contributed by atoms with van der Waals surface area (Å²) in [5, 5.41) is 0. The first-order valence-electron chi connectivity index (χ1n) is 6.36. The van der Waals surface area contributed by atoms with Crippen LogP contribution in [0, 0.1) is 0 Å². The van der Waals surface area contributed by atoms with E-state index in [0.717, 1.165) is 5.57 Å². The largest absolute Gasteiger partial charge is 0.496 e. The second kappa shape index (κ2) is 4.34. The van der Waals surface area contributed by atoms with Gasteiger partial charge in [0.2, 0.25) is 11.6 Å². The first kappa shape index (κ1) is 12.7. The lowest BCUT2D eigenvalue weighted by Crippen LogP contribution is -2.23. The Hall–Kier alpha value is -2.36. The minimum Gasteiger partial charge on any atom is -0.496 e. The third kappa shape index (κ3) is 1.61. The molecule has 1 heterocycles. The summed E-state index contributed by atoms with van der Waals surface area (Å²) in [4.78, 5) is 24.5. The molecule has 0 saturated heterocycles. The minimum atomic E-state index is -0.526. The van der Waals surface area contributed by atoms with Gasteiger partial charge in [-0.25, -0.2) is 0 Å². The number of hydrogen-bond acceptors (Lipinski definition) is 4. The van der Waals surface area contributed by atoms with Crippen molar-refractivity contribution in [1.82, 2.24) is 0 Å². The van der Waals surface area contributed by atoms with Gasteiger partial charge in [0.05, 0.1) is 18.2 Å². The maximum Gasteiger partial charge on any atom is 0.237 e. The summed E-state index contributed by atoms with van der Waals surface area (Å²) in [5.41, 5.74) is 2.21. The van der Waals surface area contributed by atoms with E-state index in [9.17, 15) is 9.59 Å². The molecule has 1 atom stereocenters. The Kier molecular flexibility index (Phi) is 2.74. The molecule has 1 aromatic rings. The molecule has 1 aliphatic heterocycles. The standard InChI is InChI=1S/C16H14O4/c1-8(2)12-7-10-14(17)15(18)13-9(16(10)20-12)5-4-6-11(13)19-3/h4-6,12H,1,7H2,2-3H3. The van der Waals surface area contributed by atoms with Gasteiger partial charge in [0.15, 0.2) is 0 Å². The van der Waals surface area contributed by atoms with E-state index in [2.05, 4.69) is 6.58 Å². The lowest BCUT2D eigenvalue weighted by atomic mass is 9.87. The monoisotopic (exact) mass is 270 g/mol. The van der Waals surface area contributed by atoms with Crippen LogP contribution in [0.15, 0.2) is 35.9 Å². The van der Waals surface area contributed by atoms with Crippen LogP contribution in [-0.4, -0.2) is 24.8 Å². The zero-order valence-electron chi connectivity index (χ0n) is 11.4. The molecule has 0 spiro atoms. The predicted octanol–water partition coefficient (Wildman–Crippen LogP) is 2.54. The van der Waals surface area contributed by atoms with Crippen LogP contribution in [-0.2, 0) is 9.53 Å². The molecule has 4 heteroatoms. The van der Waals surface area contributed by atoms with Gasteiger partial charge in [-0.1, -0.05) is 18.7 Å². The number of methoxy groups -OCH3 is 1. The molecule has 0 N–H and O–H groups in total. The molecule has 3 rings (SSSR count). The quantitative estimate of drug-likeness (QED) is 0.612. The number of carbonyl (C=O) groups is 2. The number of hydrogen-bond donors (Lipinski definition) is 0. The number of benzene rings is 1. The first-order chi connectivity index (χ1) is 9.54. The van der Waals surface area contributed by atoms with Gasteiger partial charge in [-0.15, -0.1) is 0 Å². The molecule has 0 saturated carbocycles. The van der Waals surface area contributed by atoms with E-state index in [1.165, 1.54) is 7.11 Å². The van der Waals surface area contributed by atoms with Gasteiger partial charge < -0.3 is 9.47 Å². The molecule has 0 bridgehead atoms. The van der Waals surface area contributed by atoms with Gasteiger partial charge in [-0.05, 0) is 18.6 Å². The van der Waals surface area contributed by atoms with Gasteiger partial charge >= 0.3 is 0 Å². The van der Waals surface area contributed by atoms with E-state index in [-0.39, 0.29) is 6.10 Å². The summed E-state index contributed by atoms with van der Waals surface area (Å²) in [6.45, 7) is 5.71. The molecule has 2 aliphatic rings. The van der Waals surface area contributed by atoms with Crippen LogP contribution >= 0.6 is 0 Å². The van der Waals surface area contributed by atoms with E-state index in [4.69, 9.17) is 9.47 Å². The second-order valence-corrected chi connectivity index (χ2v) is 5.01. The Balaban J connectivity index is 2.18. The van der Waals surface area contributed by atoms with Gasteiger partial charge in [-0.3, -0.25) is 9.59 Å². The number of rotatable bonds is 2. The Bertz CT molecular complexity index is 682. The molecular weight excluding hydrogens is 256 g/mol. The summed E-state index contributed by atoms with van der Waals surface area (Å²) in [6, 6.07) is 5.22. The highest BCUT2D eigenvalue weighted by Gasteiger charge is 2.41. The van der Waals surface area contributed by atoms with E-state index >= 15 is 0 Å². The van der Waals surface area contributed by atoms with Crippen LogP contribution in [0.4, 0.5) is 0 Å². The summed E-state index contributed by atoms with van der Waals surface area (Å²) in [5.74, 6) is -0.130. The third-order valence-electron chi connectivity index (χ3n) is 3.67. The van der Waals surface area contributed by atoms with Crippen LogP contribution < -0.4 is 4.74 Å². The van der Waals surface area contributed by atoms with Crippen LogP contribution in [0.1, 0.15) is 29.3 Å². The number of ketones is 2. The Labute approximate surface area is 116 Å². The molecule has 0 fully saturated rings. The number of carbonyl (C=O) groups excluding carboxylic acids is 2. The molecule has 1 aromatic carbocycles. The smallest absolute Gasteiger partial charge is 0.237 e. The van der Waals surface area contributed by atoms with Crippen molar-refractivity contribution in [1.29, 1.82) is 0 Å². The van der Waals surface area contributed by atoms with Gasteiger partial charge in [0.1, 0.15) is 17.6 Å². The number of fused-ring (bicyclic) bond motifs is 2. The average Bonchev–Trinajstić information content (AvgIpc) is 2.89. The predicted molar refractivity (Wildman–Crippen MR) is 73.6 cm³/mol. The summed E-state index contributed by atoms with van der Waals surface area (Å²) < 4.78 is 11.0.